The number of hydrogen-bond acceptors (Lipinski definition) is 7. The Morgan fingerprint density at radius 1 is 1.70 bits per heavy atom. The number of ether oxygens (including phenoxy) is 1. The molecular weight excluding hydrogens is 289 g/mol. The highest BCUT2D eigenvalue weighted by atomic mass is 31.2. The van der Waals surface area contributed by atoms with Gasteiger partial charge in [0.1, 0.15) is 18.1 Å². The molecule has 2 rings (SSSR count). The lowest BCUT2D eigenvalue weighted by molar-refractivity contribution is -0.0421. The molecule has 0 amide bonds. The summed E-state index contributed by atoms with van der Waals surface area (Å²) in [7, 11) is -3.64. The summed E-state index contributed by atoms with van der Waals surface area (Å²) in [6.07, 6.45) is -0.837. The molecule has 112 valence electrons. The van der Waals surface area contributed by atoms with E-state index in [1.54, 1.807) is 0 Å². The lowest BCUT2D eigenvalue weighted by Crippen LogP contribution is -2.28. The Morgan fingerprint density at radius 2 is 2.40 bits per heavy atom. The van der Waals surface area contributed by atoms with Gasteiger partial charge < -0.3 is 25.0 Å². The molecule has 0 bridgehead atoms. The Balaban J connectivity index is 2.06. The van der Waals surface area contributed by atoms with E-state index in [0.29, 0.717) is 0 Å². The van der Waals surface area contributed by atoms with Crippen LogP contribution in [0.3, 0.4) is 0 Å². The highest BCUT2D eigenvalue weighted by Gasteiger charge is 2.36. The molecule has 9 nitrogen and oxygen atoms in total. The van der Waals surface area contributed by atoms with Crippen LogP contribution in [0.1, 0.15) is 12.6 Å². The van der Waals surface area contributed by atoms with E-state index >= 15 is 0 Å². The molecule has 0 aliphatic carbocycles. The van der Waals surface area contributed by atoms with Crippen LogP contribution in [0.5, 0.6) is 0 Å². The fraction of sp³-hybridized carbons (Fsp3) is 0.600. The molecule has 0 spiro atoms. The summed E-state index contributed by atoms with van der Waals surface area (Å²) in [6, 6.07) is 1.44. The predicted octanol–water partition coefficient (Wildman–Crippen LogP) is -0.694. The minimum atomic E-state index is -3.64. The zero-order valence-electron chi connectivity index (χ0n) is 10.7. The summed E-state index contributed by atoms with van der Waals surface area (Å²) in [5, 5.41) is 9.83. The first-order valence-electron chi connectivity index (χ1n) is 5.89. The SMILES string of the molecule is CP(=O)(O)OC[C@H]1O[C@@H](n2ccc(N)nc2=O)CC1O. The number of nitrogens with zero attached hydrogens (tertiary/aromatic N) is 2. The minimum absolute atomic E-state index is 0.0943. The highest BCUT2D eigenvalue weighted by Crippen LogP contribution is 2.38. The van der Waals surface area contributed by atoms with E-state index in [4.69, 9.17) is 19.9 Å². The van der Waals surface area contributed by atoms with Crippen molar-refractivity contribution in [2.75, 3.05) is 19.0 Å². The smallest absolute Gasteiger partial charge is 0.351 e. The first-order valence-corrected chi connectivity index (χ1v) is 7.92. The van der Waals surface area contributed by atoms with Crippen LogP contribution < -0.4 is 11.4 Å². The molecule has 1 saturated heterocycles. The number of aliphatic hydroxyl groups excluding tert-OH is 1. The standard InChI is InChI=1S/C10H16N3O6P/c1-20(16,17)18-5-7-6(14)4-9(19-7)13-3-2-8(11)12-10(13)15/h2-3,6-7,9,14H,4-5H2,1H3,(H,16,17)(H2,11,12,15)/t6?,7-,9-/m1/s1. The van der Waals surface area contributed by atoms with E-state index in [2.05, 4.69) is 4.98 Å². The van der Waals surface area contributed by atoms with Gasteiger partial charge in [-0.25, -0.2) is 4.79 Å². The molecule has 10 heteroatoms. The predicted molar refractivity (Wildman–Crippen MR) is 69.1 cm³/mol. The molecule has 0 saturated carbocycles. The van der Waals surface area contributed by atoms with Gasteiger partial charge in [0.15, 0.2) is 0 Å². The summed E-state index contributed by atoms with van der Waals surface area (Å²) in [4.78, 5) is 24.3. The number of aliphatic hydroxyl groups is 1. The fourth-order valence-corrected chi connectivity index (χ4v) is 2.32. The molecule has 2 heterocycles. The van der Waals surface area contributed by atoms with Crippen molar-refractivity contribution in [2.24, 2.45) is 0 Å². The van der Waals surface area contributed by atoms with Crippen LogP contribution in [-0.4, -0.2) is 45.0 Å². The molecule has 4 atom stereocenters. The van der Waals surface area contributed by atoms with E-state index in [1.807, 2.05) is 0 Å². The van der Waals surface area contributed by atoms with Crippen molar-refractivity contribution in [1.82, 2.24) is 9.55 Å². The Hall–Kier alpha value is -1.25. The third-order valence-corrected chi connectivity index (χ3v) is 3.47. The maximum absolute atomic E-state index is 11.7. The van der Waals surface area contributed by atoms with Gasteiger partial charge in [-0.05, 0) is 6.07 Å². The van der Waals surface area contributed by atoms with Gasteiger partial charge in [0.05, 0.1) is 12.7 Å². The van der Waals surface area contributed by atoms with E-state index in [1.165, 1.54) is 16.8 Å². The zero-order chi connectivity index (χ0) is 14.9. The third-order valence-electron chi connectivity index (χ3n) is 2.84. The second-order valence-electron chi connectivity index (χ2n) is 4.57. The van der Waals surface area contributed by atoms with E-state index in [9.17, 15) is 14.5 Å². The fourth-order valence-electron chi connectivity index (χ4n) is 1.89. The van der Waals surface area contributed by atoms with Crippen molar-refractivity contribution in [1.29, 1.82) is 0 Å². The van der Waals surface area contributed by atoms with Gasteiger partial charge in [-0.1, -0.05) is 0 Å². The third kappa shape index (κ3) is 3.65. The first kappa shape index (κ1) is 15.1. The van der Waals surface area contributed by atoms with Gasteiger partial charge in [0, 0.05) is 19.3 Å². The largest absolute Gasteiger partial charge is 0.390 e. The summed E-state index contributed by atoms with van der Waals surface area (Å²) in [6.45, 7) is 0.805. The topological polar surface area (TPSA) is 137 Å². The highest BCUT2D eigenvalue weighted by molar-refractivity contribution is 7.51. The second-order valence-corrected chi connectivity index (χ2v) is 6.44. The van der Waals surface area contributed by atoms with Gasteiger partial charge in [0.25, 0.3) is 0 Å². The van der Waals surface area contributed by atoms with Gasteiger partial charge in [0.2, 0.25) is 0 Å². The average Bonchev–Trinajstić information content (AvgIpc) is 2.67. The van der Waals surface area contributed by atoms with E-state index < -0.39 is 31.7 Å². The van der Waals surface area contributed by atoms with Crippen LogP contribution in [0.4, 0.5) is 5.82 Å². The number of nitrogens with two attached hydrogens (primary N) is 1. The molecular formula is C10H16N3O6P. The van der Waals surface area contributed by atoms with Gasteiger partial charge in [-0.3, -0.25) is 9.13 Å². The number of aromatic nitrogens is 2. The van der Waals surface area contributed by atoms with Crippen molar-refractivity contribution in [2.45, 2.75) is 24.9 Å². The second kappa shape index (κ2) is 5.63. The molecule has 1 aromatic heterocycles. The number of nitrogen functional groups attached to an aromatic ring is 1. The van der Waals surface area contributed by atoms with Crippen LogP contribution in [0.25, 0.3) is 0 Å². The van der Waals surface area contributed by atoms with Crippen LogP contribution in [0, 0.1) is 0 Å². The molecule has 0 radical (unpaired) electrons. The monoisotopic (exact) mass is 305 g/mol. The Bertz CT molecular complexity index is 585. The lowest BCUT2D eigenvalue weighted by atomic mass is 10.2. The maximum Gasteiger partial charge on any atom is 0.351 e. The number of anilines is 1. The Kier molecular flexibility index (Phi) is 4.26. The van der Waals surface area contributed by atoms with Crippen LogP contribution in [0.15, 0.2) is 17.1 Å². The van der Waals surface area contributed by atoms with Crippen molar-refractivity contribution < 1.29 is 23.8 Å². The first-order chi connectivity index (χ1) is 9.26. The Labute approximate surface area is 114 Å². The summed E-state index contributed by atoms with van der Waals surface area (Å²) in [5.74, 6) is 0.0943. The van der Waals surface area contributed by atoms with Crippen LogP contribution >= 0.6 is 7.60 Å². The molecule has 4 N–H and O–H groups in total. The van der Waals surface area contributed by atoms with Crippen molar-refractivity contribution in [3.8, 4) is 0 Å². The molecule has 1 aliphatic heterocycles. The van der Waals surface area contributed by atoms with Crippen molar-refractivity contribution in [3.63, 3.8) is 0 Å². The van der Waals surface area contributed by atoms with Crippen molar-refractivity contribution in [3.05, 3.63) is 22.7 Å². The van der Waals surface area contributed by atoms with Crippen molar-refractivity contribution >= 4 is 13.4 Å². The molecule has 1 aromatic rings. The molecule has 0 aromatic carbocycles. The Morgan fingerprint density at radius 3 is 3.00 bits per heavy atom. The average molecular weight is 305 g/mol. The minimum Gasteiger partial charge on any atom is -0.390 e. The van der Waals surface area contributed by atoms with Gasteiger partial charge in [-0.15, -0.1) is 0 Å². The van der Waals surface area contributed by atoms with Crippen LogP contribution in [-0.2, 0) is 13.8 Å². The quantitative estimate of drug-likeness (QED) is 0.621. The van der Waals surface area contributed by atoms with Crippen LogP contribution in [0.2, 0.25) is 0 Å². The van der Waals surface area contributed by atoms with Gasteiger partial charge >= 0.3 is 13.3 Å². The number of rotatable bonds is 4. The summed E-state index contributed by atoms with van der Waals surface area (Å²) >= 11 is 0. The maximum atomic E-state index is 11.7. The molecule has 2 unspecified atom stereocenters. The zero-order valence-corrected chi connectivity index (χ0v) is 11.6. The lowest BCUT2D eigenvalue weighted by Gasteiger charge is -2.16. The molecule has 1 aliphatic rings. The van der Waals surface area contributed by atoms with E-state index in [0.717, 1.165) is 6.66 Å². The molecule has 20 heavy (non-hydrogen) atoms. The van der Waals surface area contributed by atoms with E-state index in [-0.39, 0.29) is 18.8 Å². The van der Waals surface area contributed by atoms with Gasteiger partial charge in [-0.2, -0.15) is 4.98 Å². The summed E-state index contributed by atoms with van der Waals surface area (Å²) in [5.41, 5.74) is 4.79. The molecule has 1 fully saturated rings. The summed E-state index contributed by atoms with van der Waals surface area (Å²) < 4.78 is 22.4. The normalized spacial score (nSPS) is 29.2. The number of hydrogen-bond donors (Lipinski definition) is 3.